The smallest absolute Gasteiger partial charge is 0.378 e. The zero-order valence-corrected chi connectivity index (χ0v) is 19.5. The normalized spacial score (nSPS) is 10.8. The lowest BCUT2D eigenvalue weighted by molar-refractivity contribution is 0.0462. The Hall–Kier alpha value is -3.65. The molecule has 0 unspecified atom stereocenters. The molecule has 0 amide bonds. The van der Waals surface area contributed by atoms with Crippen molar-refractivity contribution in [2.45, 2.75) is 13.8 Å². The van der Waals surface area contributed by atoms with E-state index in [-0.39, 0.29) is 17.4 Å². The molecule has 0 N–H and O–H groups in total. The van der Waals surface area contributed by atoms with Gasteiger partial charge in [0.15, 0.2) is 18.2 Å². The first kappa shape index (κ1) is 22.5. The number of hydrogen-bond acceptors (Lipinski definition) is 5. The monoisotopic (exact) mass is 507 g/mol. The number of esters is 1. The molecule has 166 valence electrons. The molecule has 0 radical (unpaired) electrons. The number of ether oxygens (including phenoxy) is 1. The topological polar surface area (TPSA) is 74.1 Å². The summed E-state index contributed by atoms with van der Waals surface area (Å²) >= 11 is 3.31. The Bertz CT molecular complexity index is 1330. The molecule has 0 saturated heterocycles. The number of carbonyl (C=O) groups excluding carboxylic acids is 2. The van der Waals surface area contributed by atoms with E-state index in [9.17, 15) is 14.0 Å². The van der Waals surface area contributed by atoms with Gasteiger partial charge in [-0.2, -0.15) is 0 Å². The molecule has 4 aromatic rings. The molecule has 3 aromatic carbocycles. The first-order valence-electron chi connectivity index (χ1n) is 10.1. The number of rotatable bonds is 6. The quantitative estimate of drug-likeness (QED) is 0.254. The third kappa shape index (κ3) is 5.06. The molecule has 4 rings (SSSR count). The van der Waals surface area contributed by atoms with Crippen LogP contribution in [0.2, 0.25) is 0 Å². The lowest BCUT2D eigenvalue weighted by Gasteiger charge is -2.10. The van der Waals surface area contributed by atoms with Crippen LogP contribution in [0.25, 0.3) is 17.1 Å². The Morgan fingerprint density at radius 2 is 1.70 bits per heavy atom. The summed E-state index contributed by atoms with van der Waals surface area (Å²) < 4.78 is 21.0. The van der Waals surface area contributed by atoms with Crippen LogP contribution in [0.1, 0.15) is 32.1 Å². The number of aryl methyl sites for hydroxylation is 2. The van der Waals surface area contributed by atoms with Crippen molar-refractivity contribution in [1.82, 2.24) is 14.8 Å². The molecule has 0 saturated carbocycles. The van der Waals surface area contributed by atoms with Crippen molar-refractivity contribution < 1.29 is 18.7 Å². The minimum absolute atomic E-state index is 0.196. The fraction of sp³-hybridized carbons (Fsp3) is 0.120. The molecule has 1 heterocycles. The zero-order valence-electron chi connectivity index (χ0n) is 17.9. The minimum Gasteiger partial charge on any atom is -0.451 e. The van der Waals surface area contributed by atoms with Crippen LogP contribution >= 0.6 is 15.9 Å². The van der Waals surface area contributed by atoms with E-state index >= 15 is 0 Å². The molecule has 0 spiro atoms. The van der Waals surface area contributed by atoms with Crippen LogP contribution < -0.4 is 0 Å². The maximum Gasteiger partial charge on any atom is 0.378 e. The number of Topliss-reactive ketones (excluding diaryl/α,β-unsaturated/α-hetero) is 1. The number of ketones is 1. The number of hydrogen-bond donors (Lipinski definition) is 0. The van der Waals surface area contributed by atoms with Gasteiger partial charge in [-0.15, -0.1) is 5.10 Å². The lowest BCUT2D eigenvalue weighted by Crippen LogP contribution is -2.15. The van der Waals surface area contributed by atoms with Crippen molar-refractivity contribution in [3.63, 3.8) is 0 Å². The second-order valence-electron chi connectivity index (χ2n) is 7.47. The van der Waals surface area contributed by atoms with E-state index in [4.69, 9.17) is 4.74 Å². The first-order valence-corrected chi connectivity index (χ1v) is 10.9. The largest absolute Gasteiger partial charge is 0.451 e. The highest BCUT2D eigenvalue weighted by Gasteiger charge is 2.22. The third-order valence-electron chi connectivity index (χ3n) is 4.99. The fourth-order valence-corrected chi connectivity index (χ4v) is 3.48. The van der Waals surface area contributed by atoms with Gasteiger partial charge in [0.2, 0.25) is 0 Å². The molecule has 0 atom stereocenters. The molecular weight excluding hydrogens is 489 g/mol. The Morgan fingerprint density at radius 3 is 2.39 bits per heavy atom. The second kappa shape index (κ2) is 9.46. The highest BCUT2D eigenvalue weighted by Crippen LogP contribution is 2.24. The van der Waals surface area contributed by atoms with Gasteiger partial charge in [0.05, 0.1) is 5.69 Å². The SMILES string of the molecule is Cc1ccc(C)c(-n2nc(C(=O)OCC(=O)c3ccc(Br)cc3)nc2-c2ccc(F)cc2)c1. The van der Waals surface area contributed by atoms with Crippen molar-refractivity contribution in [1.29, 1.82) is 0 Å². The molecule has 0 bridgehead atoms. The standard InChI is InChI=1S/C25H19BrFN3O3/c1-15-3-4-16(2)21(13-15)30-24(18-7-11-20(27)12-8-18)28-23(29-30)25(32)33-14-22(31)17-5-9-19(26)10-6-17/h3-13H,14H2,1-2H3. The molecular formula is C25H19BrFN3O3. The number of nitrogens with zero attached hydrogens (tertiary/aromatic N) is 3. The molecule has 0 aliphatic heterocycles. The molecule has 8 heteroatoms. The molecule has 0 aliphatic rings. The maximum atomic E-state index is 13.5. The van der Waals surface area contributed by atoms with Gasteiger partial charge < -0.3 is 4.74 Å². The zero-order chi connectivity index (χ0) is 23.5. The van der Waals surface area contributed by atoms with E-state index < -0.39 is 12.6 Å². The maximum absolute atomic E-state index is 13.5. The van der Waals surface area contributed by atoms with Crippen molar-refractivity contribution >= 4 is 27.7 Å². The molecule has 6 nitrogen and oxygen atoms in total. The summed E-state index contributed by atoms with van der Waals surface area (Å²) in [5.74, 6) is -1.40. The predicted octanol–water partition coefficient (Wildman–Crippen LogP) is 5.49. The summed E-state index contributed by atoms with van der Waals surface area (Å²) in [6.07, 6.45) is 0. The Kier molecular flexibility index (Phi) is 6.46. The van der Waals surface area contributed by atoms with E-state index in [2.05, 4.69) is 26.0 Å². The number of aromatic nitrogens is 3. The van der Waals surface area contributed by atoms with E-state index in [0.717, 1.165) is 21.3 Å². The van der Waals surface area contributed by atoms with E-state index in [0.29, 0.717) is 17.0 Å². The van der Waals surface area contributed by atoms with Crippen molar-refractivity contribution in [3.05, 3.63) is 99.5 Å². The Morgan fingerprint density at radius 1 is 1.00 bits per heavy atom. The van der Waals surface area contributed by atoms with Gasteiger partial charge in [-0.1, -0.05) is 40.2 Å². The van der Waals surface area contributed by atoms with Crippen LogP contribution in [-0.4, -0.2) is 33.1 Å². The van der Waals surface area contributed by atoms with E-state index in [1.807, 2.05) is 32.0 Å². The van der Waals surface area contributed by atoms with E-state index in [1.54, 1.807) is 36.4 Å². The number of halogens is 2. The Labute approximate surface area is 198 Å². The van der Waals surface area contributed by atoms with E-state index in [1.165, 1.54) is 16.8 Å². The second-order valence-corrected chi connectivity index (χ2v) is 8.39. The molecule has 33 heavy (non-hydrogen) atoms. The summed E-state index contributed by atoms with van der Waals surface area (Å²) in [4.78, 5) is 29.4. The van der Waals surface area contributed by atoms with Crippen LogP contribution in [0.4, 0.5) is 4.39 Å². The van der Waals surface area contributed by atoms with Crippen LogP contribution in [0.3, 0.4) is 0 Å². The average Bonchev–Trinajstić information content (AvgIpc) is 3.25. The Balaban J connectivity index is 1.65. The molecule has 0 aliphatic carbocycles. The minimum atomic E-state index is -0.826. The average molecular weight is 508 g/mol. The van der Waals surface area contributed by atoms with Gasteiger partial charge in [-0.25, -0.2) is 18.9 Å². The molecule has 1 aromatic heterocycles. The summed E-state index contributed by atoms with van der Waals surface area (Å²) in [7, 11) is 0. The highest BCUT2D eigenvalue weighted by molar-refractivity contribution is 9.10. The van der Waals surface area contributed by atoms with Crippen molar-refractivity contribution in [3.8, 4) is 17.1 Å². The van der Waals surface area contributed by atoms with Crippen LogP contribution in [0.5, 0.6) is 0 Å². The summed E-state index contributed by atoms with van der Waals surface area (Å²) in [5.41, 5.74) is 3.65. The van der Waals surface area contributed by atoms with Crippen LogP contribution in [0, 0.1) is 19.7 Å². The summed E-state index contributed by atoms with van der Waals surface area (Å²) in [5, 5.41) is 4.36. The summed E-state index contributed by atoms with van der Waals surface area (Å²) in [6.45, 7) is 3.42. The van der Waals surface area contributed by atoms with Gasteiger partial charge in [0.25, 0.3) is 5.82 Å². The van der Waals surface area contributed by atoms with Crippen LogP contribution in [-0.2, 0) is 4.74 Å². The summed E-state index contributed by atoms with van der Waals surface area (Å²) in [6, 6.07) is 18.3. The van der Waals surface area contributed by atoms with Gasteiger partial charge in [-0.3, -0.25) is 4.79 Å². The predicted molar refractivity (Wildman–Crippen MR) is 125 cm³/mol. The van der Waals surface area contributed by atoms with Crippen LogP contribution in [0.15, 0.2) is 71.2 Å². The third-order valence-corrected chi connectivity index (χ3v) is 5.51. The number of benzene rings is 3. The van der Waals surface area contributed by atoms with Crippen molar-refractivity contribution in [2.75, 3.05) is 6.61 Å². The van der Waals surface area contributed by atoms with Gasteiger partial charge in [0.1, 0.15) is 5.82 Å². The first-order chi connectivity index (χ1) is 15.8. The van der Waals surface area contributed by atoms with Gasteiger partial charge in [-0.05, 0) is 67.4 Å². The van der Waals surface area contributed by atoms with Gasteiger partial charge >= 0.3 is 5.97 Å². The highest BCUT2D eigenvalue weighted by atomic mass is 79.9. The number of carbonyl (C=O) groups is 2. The molecule has 0 fully saturated rings. The van der Waals surface area contributed by atoms with Gasteiger partial charge in [0, 0.05) is 15.6 Å². The van der Waals surface area contributed by atoms with Crippen molar-refractivity contribution in [2.24, 2.45) is 0 Å². The fourth-order valence-electron chi connectivity index (χ4n) is 3.21. The lowest BCUT2D eigenvalue weighted by atomic mass is 10.1.